The Morgan fingerprint density at radius 2 is 2.24 bits per heavy atom. The van der Waals surface area contributed by atoms with E-state index in [9.17, 15) is 15.0 Å². The first-order valence-corrected chi connectivity index (χ1v) is 5.50. The van der Waals surface area contributed by atoms with Crippen molar-refractivity contribution in [3.05, 3.63) is 22.7 Å². The molecule has 7 nitrogen and oxygen atoms in total. The van der Waals surface area contributed by atoms with E-state index in [-0.39, 0.29) is 11.7 Å². The van der Waals surface area contributed by atoms with Crippen LogP contribution in [0.5, 0.6) is 0 Å². The van der Waals surface area contributed by atoms with E-state index in [1.54, 1.807) is 0 Å². The Kier molecular flexibility index (Phi) is 3.34. The van der Waals surface area contributed by atoms with Gasteiger partial charge in [0.1, 0.15) is 24.1 Å². The molecule has 4 N–H and O–H groups in total. The molecule has 1 saturated heterocycles. The average molecular weight is 262 g/mol. The lowest BCUT2D eigenvalue weighted by Gasteiger charge is -2.16. The molecule has 0 aromatic carbocycles. The zero-order chi connectivity index (χ0) is 12.6. The van der Waals surface area contributed by atoms with Gasteiger partial charge in [-0.25, -0.2) is 4.79 Å². The van der Waals surface area contributed by atoms with Crippen LogP contribution < -0.4 is 11.4 Å². The smallest absolute Gasteiger partial charge is 0.351 e. The summed E-state index contributed by atoms with van der Waals surface area (Å²) >= 11 is 5.57. The fourth-order valence-electron chi connectivity index (χ4n) is 1.71. The molecule has 1 fully saturated rings. The van der Waals surface area contributed by atoms with Gasteiger partial charge in [0.2, 0.25) is 0 Å². The van der Waals surface area contributed by atoms with Crippen LogP contribution in [-0.4, -0.2) is 44.0 Å². The lowest BCUT2D eigenvalue weighted by molar-refractivity contribution is -0.0342. The largest absolute Gasteiger partial charge is 0.387 e. The topological polar surface area (TPSA) is 111 Å². The third kappa shape index (κ3) is 2.14. The molecular weight excluding hydrogens is 250 g/mol. The highest BCUT2D eigenvalue weighted by Gasteiger charge is 2.43. The Morgan fingerprint density at radius 1 is 1.53 bits per heavy atom. The second kappa shape index (κ2) is 4.61. The molecule has 4 atom stereocenters. The number of hydrogen-bond acceptors (Lipinski definition) is 6. The standard InChI is InChI=1S/C9H12ClN3O4/c10-3-4-6(14)7(15)8(17-4)13-2-1-5(11)12-9(13)16/h1-2,4,6-8,14-15H,3H2,(H2,11,12,16)/t4-,6+,7-,8-/m0/s1. The van der Waals surface area contributed by atoms with E-state index in [1.165, 1.54) is 12.3 Å². The van der Waals surface area contributed by atoms with Crippen molar-refractivity contribution in [2.24, 2.45) is 0 Å². The summed E-state index contributed by atoms with van der Waals surface area (Å²) in [5.41, 5.74) is 4.69. The van der Waals surface area contributed by atoms with Gasteiger partial charge < -0.3 is 20.7 Å². The first-order chi connectivity index (χ1) is 8.04. The Balaban J connectivity index is 2.32. The highest BCUT2D eigenvalue weighted by molar-refractivity contribution is 6.18. The van der Waals surface area contributed by atoms with Gasteiger partial charge in [0, 0.05) is 6.20 Å². The predicted molar refractivity (Wildman–Crippen MR) is 59.6 cm³/mol. The second-order valence-corrected chi connectivity index (χ2v) is 4.05. The number of aliphatic hydroxyl groups is 2. The van der Waals surface area contributed by atoms with Gasteiger partial charge in [0.25, 0.3) is 0 Å². The van der Waals surface area contributed by atoms with E-state index >= 15 is 0 Å². The molecule has 1 aromatic heterocycles. The first-order valence-electron chi connectivity index (χ1n) is 4.97. The Hall–Kier alpha value is -1.15. The monoisotopic (exact) mass is 261 g/mol. The number of halogens is 1. The van der Waals surface area contributed by atoms with Gasteiger partial charge in [-0.15, -0.1) is 11.6 Å². The van der Waals surface area contributed by atoms with Gasteiger partial charge in [-0.1, -0.05) is 0 Å². The van der Waals surface area contributed by atoms with Gasteiger partial charge in [-0.05, 0) is 6.07 Å². The van der Waals surface area contributed by atoms with E-state index in [4.69, 9.17) is 22.1 Å². The highest BCUT2D eigenvalue weighted by Crippen LogP contribution is 2.28. The summed E-state index contributed by atoms with van der Waals surface area (Å²) in [5.74, 6) is 0.0967. The van der Waals surface area contributed by atoms with Crippen LogP contribution in [0.1, 0.15) is 6.23 Å². The summed E-state index contributed by atoms with van der Waals surface area (Å²) in [7, 11) is 0. The molecule has 17 heavy (non-hydrogen) atoms. The summed E-state index contributed by atoms with van der Waals surface area (Å²) in [6.07, 6.45) is -2.75. The maximum atomic E-state index is 11.5. The molecule has 8 heteroatoms. The van der Waals surface area contributed by atoms with Crippen molar-refractivity contribution in [1.29, 1.82) is 0 Å². The molecular formula is C9H12ClN3O4. The number of rotatable bonds is 2. The Morgan fingerprint density at radius 3 is 2.76 bits per heavy atom. The zero-order valence-corrected chi connectivity index (χ0v) is 9.49. The van der Waals surface area contributed by atoms with Crippen LogP contribution in [0.4, 0.5) is 5.82 Å². The van der Waals surface area contributed by atoms with Crippen molar-refractivity contribution in [2.45, 2.75) is 24.5 Å². The van der Waals surface area contributed by atoms with Crippen LogP contribution >= 0.6 is 11.6 Å². The molecule has 0 aliphatic carbocycles. The normalized spacial score (nSPS) is 32.9. The minimum Gasteiger partial charge on any atom is -0.387 e. The summed E-state index contributed by atoms with van der Waals surface area (Å²) in [6.45, 7) is 0. The maximum Gasteiger partial charge on any atom is 0.351 e. The van der Waals surface area contributed by atoms with Crippen LogP contribution in [-0.2, 0) is 4.74 Å². The van der Waals surface area contributed by atoms with Gasteiger partial charge >= 0.3 is 5.69 Å². The predicted octanol–water partition coefficient (Wildman–Crippen LogP) is -1.32. The van der Waals surface area contributed by atoms with Gasteiger partial charge in [0.15, 0.2) is 6.23 Å². The SMILES string of the molecule is Nc1ccn([C@H]2O[C@@H](CCl)[C@@H](O)[C@@H]2O)c(=O)n1. The number of aromatic nitrogens is 2. The molecule has 0 radical (unpaired) electrons. The number of hydrogen-bond donors (Lipinski definition) is 3. The number of nitrogens with two attached hydrogens (primary N) is 1. The third-order valence-corrected chi connectivity index (χ3v) is 2.92. The number of nitrogens with zero attached hydrogens (tertiary/aromatic N) is 2. The quantitative estimate of drug-likeness (QED) is 0.570. The fourth-order valence-corrected chi connectivity index (χ4v) is 1.96. The Labute approximate surface area is 101 Å². The van der Waals surface area contributed by atoms with Crippen LogP contribution in [0.25, 0.3) is 0 Å². The molecule has 94 valence electrons. The molecule has 1 aliphatic heterocycles. The van der Waals surface area contributed by atoms with Crippen LogP contribution in [0.2, 0.25) is 0 Å². The highest BCUT2D eigenvalue weighted by atomic mass is 35.5. The molecule has 2 heterocycles. The molecule has 0 amide bonds. The Bertz CT molecular complexity index is 466. The van der Waals surface area contributed by atoms with Crippen LogP contribution in [0.15, 0.2) is 17.1 Å². The second-order valence-electron chi connectivity index (χ2n) is 3.74. The fraction of sp³-hybridized carbons (Fsp3) is 0.556. The van der Waals surface area contributed by atoms with E-state index in [0.717, 1.165) is 4.57 Å². The van der Waals surface area contributed by atoms with E-state index in [2.05, 4.69) is 4.98 Å². The maximum absolute atomic E-state index is 11.5. The number of nitrogen functional groups attached to an aromatic ring is 1. The first kappa shape index (κ1) is 12.3. The van der Waals surface area contributed by atoms with E-state index in [0.29, 0.717) is 0 Å². The van der Waals surface area contributed by atoms with E-state index in [1.807, 2.05) is 0 Å². The number of ether oxygens (including phenoxy) is 1. The van der Waals surface area contributed by atoms with Crippen molar-refractivity contribution in [2.75, 3.05) is 11.6 Å². The van der Waals surface area contributed by atoms with Crippen molar-refractivity contribution in [1.82, 2.24) is 9.55 Å². The molecule has 2 rings (SSSR count). The summed E-state index contributed by atoms with van der Waals surface area (Å²) in [4.78, 5) is 15.0. The molecule has 0 saturated carbocycles. The molecule has 0 bridgehead atoms. The van der Waals surface area contributed by atoms with Crippen molar-refractivity contribution >= 4 is 17.4 Å². The minimum absolute atomic E-state index is 0.0197. The number of alkyl halides is 1. The van der Waals surface area contributed by atoms with Crippen LogP contribution in [0, 0.1) is 0 Å². The van der Waals surface area contributed by atoms with Gasteiger partial charge in [-0.2, -0.15) is 4.98 Å². The number of aliphatic hydroxyl groups excluding tert-OH is 2. The third-order valence-electron chi connectivity index (χ3n) is 2.61. The minimum atomic E-state index is -1.23. The summed E-state index contributed by atoms with van der Waals surface area (Å²) in [6, 6.07) is 1.40. The van der Waals surface area contributed by atoms with E-state index < -0.39 is 30.2 Å². The van der Waals surface area contributed by atoms with Crippen LogP contribution in [0.3, 0.4) is 0 Å². The van der Waals surface area contributed by atoms with Gasteiger partial charge in [0.05, 0.1) is 5.88 Å². The molecule has 0 spiro atoms. The lowest BCUT2D eigenvalue weighted by atomic mass is 10.1. The summed E-state index contributed by atoms with van der Waals surface area (Å²) < 4.78 is 6.36. The van der Waals surface area contributed by atoms with Gasteiger partial charge in [-0.3, -0.25) is 4.57 Å². The molecule has 0 unspecified atom stereocenters. The zero-order valence-electron chi connectivity index (χ0n) is 8.73. The summed E-state index contributed by atoms with van der Waals surface area (Å²) in [5, 5.41) is 19.4. The average Bonchev–Trinajstić information content (AvgIpc) is 2.57. The lowest BCUT2D eigenvalue weighted by Crippen LogP contribution is -2.35. The molecule has 1 aromatic rings. The number of anilines is 1. The van der Waals surface area contributed by atoms with Crippen molar-refractivity contribution in [3.63, 3.8) is 0 Å². The van der Waals surface area contributed by atoms with Crippen molar-refractivity contribution < 1.29 is 14.9 Å². The van der Waals surface area contributed by atoms with Crippen molar-refractivity contribution in [3.8, 4) is 0 Å². The molecule has 1 aliphatic rings.